The summed E-state index contributed by atoms with van der Waals surface area (Å²) >= 11 is 5.75. The molecule has 0 aliphatic rings. The second-order valence-corrected chi connectivity index (χ2v) is 7.23. The Morgan fingerprint density at radius 2 is 1.50 bits per heavy atom. The zero-order valence-electron chi connectivity index (χ0n) is 17.1. The predicted octanol–water partition coefficient (Wildman–Crippen LogP) is 5.31. The van der Waals surface area contributed by atoms with E-state index >= 15 is 0 Å². The maximum absolute atomic E-state index is 12.3. The van der Waals surface area contributed by atoms with Crippen molar-refractivity contribution in [2.45, 2.75) is 19.9 Å². The maximum Gasteiger partial charge on any atom is 0.340 e. The molecule has 0 aliphatic heterocycles. The van der Waals surface area contributed by atoms with E-state index in [2.05, 4.69) is 34.5 Å². The van der Waals surface area contributed by atoms with Crippen LogP contribution in [0.5, 0.6) is 0 Å². The number of esters is 1. The molecule has 0 amide bonds. The fraction of sp³-hybridized carbons (Fsp3) is 0.200. The van der Waals surface area contributed by atoms with Gasteiger partial charge in [0.05, 0.1) is 17.9 Å². The molecule has 1 N–H and O–H groups in total. The summed E-state index contributed by atoms with van der Waals surface area (Å²) in [6.45, 7) is 3.56. The van der Waals surface area contributed by atoms with Crippen LogP contribution in [0.2, 0.25) is 0 Å². The monoisotopic (exact) mass is 418 g/mol. The van der Waals surface area contributed by atoms with E-state index in [9.17, 15) is 4.79 Å². The molecule has 4 nitrogen and oxygen atoms in total. The van der Waals surface area contributed by atoms with Crippen molar-refractivity contribution < 1.29 is 9.53 Å². The van der Waals surface area contributed by atoms with Crippen LogP contribution < -0.4 is 5.32 Å². The minimum atomic E-state index is -0.359. The van der Waals surface area contributed by atoms with Gasteiger partial charge in [-0.15, -0.1) is 0 Å². The first-order chi connectivity index (χ1) is 14.7. The summed E-state index contributed by atoms with van der Waals surface area (Å²) in [5.41, 5.74) is 3.56. The molecule has 0 spiro atoms. The molecular formula is C25H26N2O2S. The topological polar surface area (TPSA) is 41.6 Å². The van der Waals surface area contributed by atoms with Gasteiger partial charge in [0.1, 0.15) is 0 Å². The maximum atomic E-state index is 12.3. The first kappa shape index (κ1) is 21.5. The van der Waals surface area contributed by atoms with Gasteiger partial charge in [0.2, 0.25) is 0 Å². The summed E-state index contributed by atoms with van der Waals surface area (Å²) in [5, 5.41) is 3.84. The highest BCUT2D eigenvalue weighted by molar-refractivity contribution is 7.80. The zero-order chi connectivity index (χ0) is 21.2. The van der Waals surface area contributed by atoms with E-state index in [-0.39, 0.29) is 5.97 Å². The highest BCUT2D eigenvalue weighted by Gasteiger charge is 2.16. The third-order valence-corrected chi connectivity index (χ3v) is 5.04. The number of carbonyl (C=O) groups excluding carboxylic acids is 1. The number of thiocarbonyl (C=S) groups is 1. The van der Waals surface area contributed by atoms with Crippen molar-refractivity contribution in [3.63, 3.8) is 0 Å². The summed E-state index contributed by atoms with van der Waals surface area (Å²) in [5.74, 6) is -0.359. The lowest BCUT2D eigenvalue weighted by molar-refractivity contribution is 0.0527. The minimum absolute atomic E-state index is 0.328. The van der Waals surface area contributed by atoms with Gasteiger partial charge in [-0.3, -0.25) is 0 Å². The molecule has 3 rings (SSSR count). The number of carbonyl (C=O) groups is 1. The molecule has 0 atom stereocenters. The molecule has 0 saturated heterocycles. The van der Waals surface area contributed by atoms with E-state index in [1.54, 1.807) is 13.0 Å². The molecule has 3 aromatic rings. The Kier molecular flexibility index (Phi) is 7.98. The van der Waals surface area contributed by atoms with E-state index in [1.807, 2.05) is 54.6 Å². The number of rotatable bonds is 8. The quantitative estimate of drug-likeness (QED) is 0.397. The van der Waals surface area contributed by atoms with Crippen LogP contribution in [-0.4, -0.2) is 29.1 Å². The average molecular weight is 419 g/mol. The van der Waals surface area contributed by atoms with Crippen LogP contribution in [0.25, 0.3) is 0 Å². The Bertz CT molecular complexity index is 961. The molecular weight excluding hydrogens is 392 g/mol. The van der Waals surface area contributed by atoms with Crippen LogP contribution in [0.15, 0.2) is 84.9 Å². The summed E-state index contributed by atoms with van der Waals surface area (Å²) in [6, 6.07) is 27.9. The van der Waals surface area contributed by atoms with Crippen molar-refractivity contribution in [1.82, 2.24) is 4.90 Å². The van der Waals surface area contributed by atoms with Crippen LogP contribution in [0.4, 0.5) is 5.69 Å². The van der Waals surface area contributed by atoms with E-state index in [4.69, 9.17) is 17.0 Å². The Hall–Kier alpha value is -3.18. The van der Waals surface area contributed by atoms with Crippen LogP contribution in [-0.2, 0) is 17.7 Å². The van der Waals surface area contributed by atoms with Crippen LogP contribution in [0.1, 0.15) is 28.4 Å². The predicted molar refractivity (Wildman–Crippen MR) is 126 cm³/mol. The number of benzene rings is 3. The molecule has 0 aliphatic carbocycles. The fourth-order valence-corrected chi connectivity index (χ4v) is 3.40. The van der Waals surface area contributed by atoms with Crippen molar-refractivity contribution in [1.29, 1.82) is 0 Å². The molecule has 154 valence electrons. The molecule has 0 radical (unpaired) electrons. The van der Waals surface area contributed by atoms with Crippen LogP contribution >= 0.6 is 12.2 Å². The molecule has 30 heavy (non-hydrogen) atoms. The third-order valence-electron chi connectivity index (χ3n) is 4.68. The van der Waals surface area contributed by atoms with Gasteiger partial charge in [0.25, 0.3) is 0 Å². The summed E-state index contributed by atoms with van der Waals surface area (Å²) in [7, 11) is 0. The molecule has 0 fully saturated rings. The van der Waals surface area contributed by atoms with Crippen molar-refractivity contribution in [3.05, 3.63) is 102 Å². The van der Waals surface area contributed by atoms with E-state index in [1.165, 1.54) is 11.1 Å². The van der Waals surface area contributed by atoms with E-state index in [0.717, 1.165) is 13.0 Å². The van der Waals surface area contributed by atoms with E-state index < -0.39 is 0 Å². The number of hydrogen-bond acceptors (Lipinski definition) is 3. The van der Waals surface area contributed by atoms with Crippen molar-refractivity contribution in [3.8, 4) is 0 Å². The number of para-hydroxylation sites is 1. The lowest BCUT2D eigenvalue weighted by Crippen LogP contribution is -2.36. The van der Waals surface area contributed by atoms with Crippen molar-refractivity contribution >= 4 is 29.0 Å². The summed E-state index contributed by atoms with van der Waals surface area (Å²) < 4.78 is 5.18. The highest BCUT2D eigenvalue weighted by atomic mass is 32.1. The van der Waals surface area contributed by atoms with Crippen molar-refractivity contribution in [2.24, 2.45) is 0 Å². The molecule has 0 saturated carbocycles. The van der Waals surface area contributed by atoms with Gasteiger partial charge in [-0.05, 0) is 48.8 Å². The van der Waals surface area contributed by atoms with Gasteiger partial charge in [-0.2, -0.15) is 0 Å². The third kappa shape index (κ3) is 6.16. The van der Waals surface area contributed by atoms with Gasteiger partial charge in [0.15, 0.2) is 5.11 Å². The molecule has 0 aromatic heterocycles. The SMILES string of the molecule is CCOC(=O)c1ccccc1NC(=S)N(CCc1ccccc1)Cc1ccccc1. The first-order valence-electron chi connectivity index (χ1n) is 10.1. The Balaban J connectivity index is 1.77. The Labute approximate surface area is 183 Å². The molecule has 0 unspecified atom stereocenters. The zero-order valence-corrected chi connectivity index (χ0v) is 17.9. The molecule has 5 heteroatoms. The lowest BCUT2D eigenvalue weighted by Gasteiger charge is -2.27. The number of ether oxygens (including phenoxy) is 1. The molecule has 0 bridgehead atoms. The first-order valence-corrected chi connectivity index (χ1v) is 10.5. The number of nitrogens with zero attached hydrogens (tertiary/aromatic N) is 1. The fourth-order valence-electron chi connectivity index (χ4n) is 3.14. The largest absolute Gasteiger partial charge is 0.462 e. The van der Waals surface area contributed by atoms with Gasteiger partial charge in [-0.1, -0.05) is 72.8 Å². The number of hydrogen-bond donors (Lipinski definition) is 1. The number of nitrogens with one attached hydrogen (secondary N) is 1. The van der Waals surface area contributed by atoms with Gasteiger partial charge >= 0.3 is 5.97 Å². The highest BCUT2D eigenvalue weighted by Crippen LogP contribution is 2.18. The number of anilines is 1. The minimum Gasteiger partial charge on any atom is -0.462 e. The normalized spacial score (nSPS) is 10.3. The van der Waals surface area contributed by atoms with Gasteiger partial charge < -0.3 is 15.0 Å². The molecule has 0 heterocycles. The van der Waals surface area contributed by atoms with Crippen LogP contribution in [0.3, 0.4) is 0 Å². The lowest BCUT2D eigenvalue weighted by atomic mass is 10.1. The molecule has 3 aromatic carbocycles. The van der Waals surface area contributed by atoms with Gasteiger partial charge in [-0.25, -0.2) is 4.79 Å². The van der Waals surface area contributed by atoms with Crippen molar-refractivity contribution in [2.75, 3.05) is 18.5 Å². The second kappa shape index (κ2) is 11.1. The Morgan fingerprint density at radius 3 is 2.17 bits per heavy atom. The Morgan fingerprint density at radius 1 is 0.900 bits per heavy atom. The summed E-state index contributed by atoms with van der Waals surface area (Å²) in [6.07, 6.45) is 0.870. The second-order valence-electron chi connectivity index (χ2n) is 6.84. The standard InChI is InChI=1S/C25H26N2O2S/c1-2-29-24(28)22-15-9-10-16-23(22)26-25(30)27(19-21-13-7-4-8-14-21)18-17-20-11-5-3-6-12-20/h3-16H,2,17-19H2,1H3,(H,26,30). The summed E-state index contributed by atoms with van der Waals surface area (Å²) in [4.78, 5) is 14.4. The average Bonchev–Trinajstić information content (AvgIpc) is 2.78. The van der Waals surface area contributed by atoms with Crippen LogP contribution in [0, 0.1) is 0 Å². The smallest absolute Gasteiger partial charge is 0.340 e. The van der Waals surface area contributed by atoms with E-state index in [0.29, 0.717) is 29.5 Å². The van der Waals surface area contributed by atoms with Gasteiger partial charge in [0, 0.05) is 13.1 Å².